The second kappa shape index (κ2) is 7.66. The average molecular weight is 409 g/mol. The lowest BCUT2D eigenvalue weighted by atomic mass is 9.87. The molecule has 3 heterocycles. The summed E-state index contributed by atoms with van der Waals surface area (Å²) >= 11 is 0. The second-order valence-corrected chi connectivity index (χ2v) is 8.13. The van der Waals surface area contributed by atoms with Gasteiger partial charge in [0.2, 0.25) is 5.91 Å². The molecule has 5 rings (SSSR count). The highest BCUT2D eigenvalue weighted by atomic mass is 19.1. The maximum absolute atomic E-state index is 14.1. The summed E-state index contributed by atoms with van der Waals surface area (Å²) in [5.74, 6) is 0.328. The van der Waals surface area contributed by atoms with Gasteiger partial charge < -0.3 is 9.32 Å². The van der Waals surface area contributed by atoms with Crippen LogP contribution in [0.5, 0.6) is 0 Å². The van der Waals surface area contributed by atoms with Crippen molar-refractivity contribution in [2.24, 2.45) is 13.0 Å². The van der Waals surface area contributed by atoms with Crippen LogP contribution >= 0.6 is 0 Å². The fraction of sp³-hybridized carbons (Fsp3) is 0.455. The molecule has 3 aromatic rings. The van der Waals surface area contributed by atoms with Gasteiger partial charge in [-0.3, -0.25) is 9.48 Å². The molecule has 0 spiro atoms. The lowest BCUT2D eigenvalue weighted by Gasteiger charge is -2.32. The molecule has 1 fully saturated rings. The fourth-order valence-electron chi connectivity index (χ4n) is 4.62. The predicted molar refractivity (Wildman–Crippen MR) is 108 cm³/mol. The maximum atomic E-state index is 14.1. The smallest absolute Gasteiger partial charge is 0.268 e. The van der Waals surface area contributed by atoms with Crippen LogP contribution in [0.2, 0.25) is 0 Å². The van der Waals surface area contributed by atoms with E-state index in [1.165, 1.54) is 12.5 Å². The van der Waals surface area contributed by atoms with Gasteiger partial charge >= 0.3 is 0 Å². The molecule has 1 aliphatic heterocycles. The Morgan fingerprint density at radius 1 is 1.13 bits per heavy atom. The standard InChI is InChI=1S/C22H24FN5O2/c1-27-18-11-12-28(22(29)14-7-3-2-4-8-14)13-16(18)19(26-27)21-25-24-20(30-21)15-9-5-6-10-17(15)23/h5-6,9-10,14H,2-4,7-8,11-13H2,1H3. The first kappa shape index (κ1) is 19.0. The van der Waals surface area contributed by atoms with Gasteiger partial charge in [0.15, 0.2) is 5.69 Å². The number of fused-ring (bicyclic) bond motifs is 1. The molecule has 1 aromatic carbocycles. The molecule has 0 radical (unpaired) electrons. The van der Waals surface area contributed by atoms with Crippen LogP contribution < -0.4 is 0 Å². The highest BCUT2D eigenvalue weighted by Crippen LogP contribution is 2.33. The summed E-state index contributed by atoms with van der Waals surface area (Å²) in [6.07, 6.45) is 6.20. The number of rotatable bonds is 3. The Bertz CT molecular complexity index is 1080. The molecular weight excluding hydrogens is 385 g/mol. The van der Waals surface area contributed by atoms with Gasteiger partial charge in [-0.15, -0.1) is 10.2 Å². The van der Waals surface area contributed by atoms with Gasteiger partial charge in [-0.05, 0) is 25.0 Å². The molecular formula is C22H24FN5O2. The van der Waals surface area contributed by atoms with Crippen LogP contribution in [0.4, 0.5) is 4.39 Å². The number of halogens is 1. The lowest BCUT2D eigenvalue weighted by molar-refractivity contribution is -0.137. The quantitative estimate of drug-likeness (QED) is 0.659. The number of carbonyl (C=O) groups excluding carboxylic acids is 1. The number of aryl methyl sites for hydroxylation is 1. The van der Waals surface area contributed by atoms with Crippen molar-refractivity contribution < 1.29 is 13.6 Å². The number of amides is 1. The van der Waals surface area contributed by atoms with Crippen molar-refractivity contribution >= 4 is 5.91 Å². The maximum Gasteiger partial charge on any atom is 0.268 e. The molecule has 0 bridgehead atoms. The number of aromatic nitrogens is 4. The Morgan fingerprint density at radius 2 is 1.90 bits per heavy atom. The summed E-state index contributed by atoms with van der Waals surface area (Å²) in [5, 5.41) is 12.7. The van der Waals surface area contributed by atoms with Crippen molar-refractivity contribution in [1.82, 2.24) is 24.9 Å². The van der Waals surface area contributed by atoms with Crippen molar-refractivity contribution in [1.29, 1.82) is 0 Å². The highest BCUT2D eigenvalue weighted by Gasteiger charge is 2.32. The molecule has 2 aromatic heterocycles. The Labute approximate surface area is 173 Å². The molecule has 1 amide bonds. The number of carbonyl (C=O) groups is 1. The van der Waals surface area contributed by atoms with Crippen LogP contribution in [-0.2, 0) is 24.8 Å². The van der Waals surface area contributed by atoms with Crippen LogP contribution in [0, 0.1) is 11.7 Å². The number of hydrogen-bond donors (Lipinski definition) is 0. The number of hydrogen-bond acceptors (Lipinski definition) is 5. The molecule has 0 N–H and O–H groups in total. The van der Waals surface area contributed by atoms with Gasteiger partial charge in [-0.1, -0.05) is 31.4 Å². The van der Waals surface area contributed by atoms with E-state index in [1.54, 1.807) is 18.2 Å². The molecule has 1 saturated carbocycles. The monoisotopic (exact) mass is 409 g/mol. The molecule has 0 unspecified atom stereocenters. The first-order valence-corrected chi connectivity index (χ1v) is 10.5. The van der Waals surface area contributed by atoms with Crippen molar-refractivity contribution in [2.75, 3.05) is 6.54 Å². The highest BCUT2D eigenvalue weighted by molar-refractivity contribution is 5.79. The third-order valence-electron chi connectivity index (χ3n) is 6.24. The van der Waals surface area contributed by atoms with E-state index in [2.05, 4.69) is 15.3 Å². The minimum atomic E-state index is -0.417. The van der Waals surface area contributed by atoms with E-state index in [0.29, 0.717) is 18.8 Å². The summed E-state index contributed by atoms with van der Waals surface area (Å²) in [5.41, 5.74) is 2.85. The third-order valence-corrected chi connectivity index (χ3v) is 6.24. The van der Waals surface area contributed by atoms with Crippen molar-refractivity contribution in [3.63, 3.8) is 0 Å². The van der Waals surface area contributed by atoms with Crippen LogP contribution in [0.1, 0.15) is 43.4 Å². The molecule has 0 atom stereocenters. The van der Waals surface area contributed by atoms with Crippen molar-refractivity contribution in [3.05, 3.63) is 41.3 Å². The van der Waals surface area contributed by atoms with Crippen LogP contribution in [-0.4, -0.2) is 37.3 Å². The number of benzene rings is 1. The first-order valence-electron chi connectivity index (χ1n) is 10.5. The summed E-state index contributed by atoms with van der Waals surface area (Å²) < 4.78 is 21.7. The van der Waals surface area contributed by atoms with Crippen molar-refractivity contribution in [2.45, 2.75) is 45.1 Å². The van der Waals surface area contributed by atoms with E-state index < -0.39 is 5.82 Å². The Hall–Kier alpha value is -3.03. The summed E-state index contributed by atoms with van der Waals surface area (Å²) in [6, 6.07) is 6.30. The molecule has 7 nitrogen and oxygen atoms in total. The minimum absolute atomic E-state index is 0.119. The largest absolute Gasteiger partial charge is 0.414 e. The molecule has 2 aliphatic rings. The molecule has 30 heavy (non-hydrogen) atoms. The van der Waals surface area contributed by atoms with E-state index in [9.17, 15) is 9.18 Å². The van der Waals surface area contributed by atoms with E-state index in [1.807, 2.05) is 16.6 Å². The zero-order valence-electron chi connectivity index (χ0n) is 17.0. The van der Waals surface area contributed by atoms with Gasteiger partial charge in [-0.25, -0.2) is 4.39 Å². The van der Waals surface area contributed by atoms with E-state index in [0.717, 1.165) is 43.4 Å². The van der Waals surface area contributed by atoms with Gasteiger partial charge in [0.05, 0.1) is 5.56 Å². The van der Waals surface area contributed by atoms with Gasteiger partial charge in [-0.2, -0.15) is 5.10 Å². The molecule has 0 saturated heterocycles. The zero-order chi connectivity index (χ0) is 20.7. The topological polar surface area (TPSA) is 77.1 Å². The third kappa shape index (κ3) is 3.30. The molecule has 1 aliphatic carbocycles. The van der Waals surface area contributed by atoms with E-state index in [-0.39, 0.29) is 29.2 Å². The Balaban J connectivity index is 1.44. The van der Waals surface area contributed by atoms with E-state index >= 15 is 0 Å². The van der Waals surface area contributed by atoms with E-state index in [4.69, 9.17) is 4.42 Å². The molecule has 8 heteroatoms. The number of nitrogens with zero attached hydrogens (tertiary/aromatic N) is 5. The minimum Gasteiger partial charge on any atom is -0.414 e. The van der Waals surface area contributed by atoms with Crippen molar-refractivity contribution in [3.8, 4) is 23.0 Å². The second-order valence-electron chi connectivity index (χ2n) is 8.13. The Morgan fingerprint density at radius 3 is 2.70 bits per heavy atom. The summed E-state index contributed by atoms with van der Waals surface area (Å²) in [4.78, 5) is 15.0. The average Bonchev–Trinajstić information content (AvgIpc) is 3.39. The predicted octanol–water partition coefficient (Wildman–Crippen LogP) is 3.74. The van der Waals surface area contributed by atoms with Gasteiger partial charge in [0.25, 0.3) is 11.8 Å². The summed E-state index contributed by atoms with van der Waals surface area (Å²) in [6.45, 7) is 1.19. The van der Waals surface area contributed by atoms with Crippen LogP contribution in [0.3, 0.4) is 0 Å². The first-order chi connectivity index (χ1) is 14.6. The van der Waals surface area contributed by atoms with Crippen LogP contribution in [0.15, 0.2) is 28.7 Å². The fourth-order valence-corrected chi connectivity index (χ4v) is 4.62. The van der Waals surface area contributed by atoms with Gasteiger partial charge in [0.1, 0.15) is 5.82 Å². The normalized spacial score (nSPS) is 17.2. The lowest BCUT2D eigenvalue weighted by Crippen LogP contribution is -2.40. The SMILES string of the molecule is Cn1nc(-c2nnc(-c3ccccc3F)o2)c2c1CCN(C(=O)C1CCCCC1)C2. The zero-order valence-corrected chi connectivity index (χ0v) is 17.0. The Kier molecular flexibility index (Phi) is 4.84. The summed E-state index contributed by atoms with van der Waals surface area (Å²) in [7, 11) is 1.88. The van der Waals surface area contributed by atoms with Crippen LogP contribution in [0.25, 0.3) is 23.0 Å². The van der Waals surface area contributed by atoms with Gasteiger partial charge in [0, 0.05) is 43.7 Å². The molecule has 156 valence electrons.